The molecular formula is C17H26N4. The minimum absolute atomic E-state index is 0.351. The van der Waals surface area contributed by atoms with Crippen molar-refractivity contribution in [2.75, 3.05) is 6.54 Å². The smallest absolute Gasteiger partial charge is 0.138 e. The molecule has 1 atom stereocenters. The van der Waals surface area contributed by atoms with Crippen LogP contribution < -0.4 is 5.32 Å². The molecule has 2 aromatic rings. The van der Waals surface area contributed by atoms with Gasteiger partial charge in [0.15, 0.2) is 0 Å². The molecule has 0 fully saturated rings. The van der Waals surface area contributed by atoms with E-state index in [1.165, 1.54) is 11.1 Å². The topological polar surface area (TPSA) is 42.7 Å². The van der Waals surface area contributed by atoms with E-state index in [2.05, 4.69) is 67.4 Å². The molecule has 1 N–H and O–H groups in total. The largest absolute Gasteiger partial charge is 0.313 e. The lowest BCUT2D eigenvalue weighted by molar-refractivity contribution is 0.459. The third kappa shape index (κ3) is 4.39. The second-order valence-electron chi connectivity index (χ2n) is 5.87. The maximum absolute atomic E-state index is 4.43. The van der Waals surface area contributed by atoms with Crippen molar-refractivity contribution in [3.63, 3.8) is 0 Å². The van der Waals surface area contributed by atoms with Crippen LogP contribution in [-0.4, -0.2) is 27.4 Å². The summed E-state index contributed by atoms with van der Waals surface area (Å²) in [5, 5.41) is 7.90. The van der Waals surface area contributed by atoms with Gasteiger partial charge in [0.1, 0.15) is 12.2 Å². The Morgan fingerprint density at radius 2 is 2.05 bits per heavy atom. The Hall–Kier alpha value is -1.68. The van der Waals surface area contributed by atoms with Gasteiger partial charge in [-0.3, -0.25) is 0 Å². The number of nitrogens with zero attached hydrogens (tertiary/aromatic N) is 3. The highest BCUT2D eigenvalue weighted by molar-refractivity contribution is 5.23. The lowest BCUT2D eigenvalue weighted by Gasteiger charge is -2.19. The van der Waals surface area contributed by atoms with E-state index in [1.807, 2.05) is 4.68 Å². The summed E-state index contributed by atoms with van der Waals surface area (Å²) in [4.78, 5) is 4.43. The number of hydrogen-bond donors (Lipinski definition) is 1. The van der Waals surface area contributed by atoms with Gasteiger partial charge in [0.2, 0.25) is 0 Å². The number of likely N-dealkylation sites (N-methyl/N-ethyl adjacent to an activating group) is 1. The maximum Gasteiger partial charge on any atom is 0.138 e. The van der Waals surface area contributed by atoms with Gasteiger partial charge in [-0.05, 0) is 39.3 Å². The Balaban J connectivity index is 2.10. The standard InChI is InChI=1S/C17H26N4/c1-5-18-16(10-15-8-6-7-14(4)9-15)11-17-19-12-20-21(17)13(2)3/h6-9,12-13,16,18H,5,10-11H2,1-4H3. The zero-order chi connectivity index (χ0) is 15.2. The van der Waals surface area contributed by atoms with Crippen molar-refractivity contribution in [1.29, 1.82) is 0 Å². The van der Waals surface area contributed by atoms with Crippen LogP contribution in [0.5, 0.6) is 0 Å². The van der Waals surface area contributed by atoms with Gasteiger partial charge in [-0.2, -0.15) is 5.10 Å². The monoisotopic (exact) mass is 286 g/mol. The van der Waals surface area contributed by atoms with E-state index >= 15 is 0 Å². The van der Waals surface area contributed by atoms with Crippen LogP contribution in [0.25, 0.3) is 0 Å². The average Bonchev–Trinajstić information content (AvgIpc) is 2.87. The summed E-state index contributed by atoms with van der Waals surface area (Å²) >= 11 is 0. The molecule has 0 aliphatic rings. The maximum atomic E-state index is 4.43. The number of aromatic nitrogens is 3. The van der Waals surface area contributed by atoms with Crippen LogP contribution in [0.1, 0.15) is 43.8 Å². The van der Waals surface area contributed by atoms with Crippen LogP contribution >= 0.6 is 0 Å². The lowest BCUT2D eigenvalue weighted by Crippen LogP contribution is -2.34. The zero-order valence-electron chi connectivity index (χ0n) is 13.5. The van der Waals surface area contributed by atoms with E-state index in [-0.39, 0.29) is 0 Å². The Bertz CT molecular complexity index is 559. The minimum Gasteiger partial charge on any atom is -0.313 e. The van der Waals surface area contributed by atoms with Crippen LogP contribution in [0.15, 0.2) is 30.6 Å². The van der Waals surface area contributed by atoms with Crippen LogP contribution in [0, 0.1) is 6.92 Å². The van der Waals surface area contributed by atoms with Crippen molar-refractivity contribution < 1.29 is 0 Å². The van der Waals surface area contributed by atoms with Crippen LogP contribution in [0.4, 0.5) is 0 Å². The number of rotatable bonds is 7. The highest BCUT2D eigenvalue weighted by atomic mass is 15.3. The first kappa shape index (κ1) is 15.7. The molecule has 1 unspecified atom stereocenters. The quantitative estimate of drug-likeness (QED) is 0.851. The van der Waals surface area contributed by atoms with Crippen LogP contribution in [-0.2, 0) is 12.8 Å². The highest BCUT2D eigenvalue weighted by Crippen LogP contribution is 2.12. The van der Waals surface area contributed by atoms with Crippen LogP contribution in [0.3, 0.4) is 0 Å². The summed E-state index contributed by atoms with van der Waals surface area (Å²) in [5.74, 6) is 1.06. The summed E-state index contributed by atoms with van der Waals surface area (Å²) in [5.41, 5.74) is 2.68. The fourth-order valence-corrected chi connectivity index (χ4v) is 2.70. The second-order valence-corrected chi connectivity index (χ2v) is 5.87. The van der Waals surface area contributed by atoms with Gasteiger partial charge in [-0.15, -0.1) is 0 Å². The molecule has 114 valence electrons. The predicted molar refractivity (Wildman–Crippen MR) is 86.5 cm³/mol. The van der Waals surface area contributed by atoms with Crippen molar-refractivity contribution in [3.8, 4) is 0 Å². The van der Waals surface area contributed by atoms with Crippen molar-refractivity contribution >= 4 is 0 Å². The van der Waals surface area contributed by atoms with Crippen LogP contribution in [0.2, 0.25) is 0 Å². The minimum atomic E-state index is 0.351. The van der Waals surface area contributed by atoms with E-state index in [0.717, 1.165) is 25.2 Å². The van der Waals surface area contributed by atoms with E-state index in [9.17, 15) is 0 Å². The second kappa shape index (κ2) is 7.36. The van der Waals surface area contributed by atoms with Gasteiger partial charge in [-0.1, -0.05) is 36.8 Å². The van der Waals surface area contributed by atoms with E-state index in [4.69, 9.17) is 0 Å². The first-order valence-electron chi connectivity index (χ1n) is 7.77. The summed E-state index contributed by atoms with van der Waals surface area (Å²) in [7, 11) is 0. The first-order chi connectivity index (χ1) is 10.1. The molecule has 0 aliphatic carbocycles. The molecule has 4 heteroatoms. The summed E-state index contributed by atoms with van der Waals surface area (Å²) in [6, 6.07) is 9.47. The summed E-state index contributed by atoms with van der Waals surface area (Å²) < 4.78 is 2.01. The molecule has 0 radical (unpaired) electrons. The van der Waals surface area contributed by atoms with E-state index in [1.54, 1.807) is 6.33 Å². The molecular weight excluding hydrogens is 260 g/mol. The zero-order valence-corrected chi connectivity index (χ0v) is 13.5. The van der Waals surface area contributed by atoms with E-state index < -0.39 is 0 Å². The van der Waals surface area contributed by atoms with Gasteiger partial charge in [0.25, 0.3) is 0 Å². The molecule has 1 aromatic carbocycles. The molecule has 0 spiro atoms. The predicted octanol–water partition coefficient (Wildman–Crippen LogP) is 2.93. The molecule has 1 aromatic heterocycles. The Morgan fingerprint density at radius 3 is 2.71 bits per heavy atom. The number of aryl methyl sites for hydroxylation is 1. The van der Waals surface area contributed by atoms with Crippen molar-refractivity contribution in [1.82, 2.24) is 20.1 Å². The van der Waals surface area contributed by atoms with Gasteiger partial charge >= 0.3 is 0 Å². The first-order valence-corrected chi connectivity index (χ1v) is 7.77. The molecule has 4 nitrogen and oxygen atoms in total. The number of benzene rings is 1. The normalized spacial score (nSPS) is 12.8. The van der Waals surface area contributed by atoms with Gasteiger partial charge in [-0.25, -0.2) is 9.67 Å². The van der Waals surface area contributed by atoms with Crippen molar-refractivity contribution in [3.05, 3.63) is 47.5 Å². The Kier molecular flexibility index (Phi) is 5.51. The SMILES string of the molecule is CCNC(Cc1cccc(C)c1)Cc1ncnn1C(C)C. The third-order valence-corrected chi connectivity index (χ3v) is 3.62. The molecule has 2 rings (SSSR count). The highest BCUT2D eigenvalue weighted by Gasteiger charge is 2.15. The number of nitrogens with one attached hydrogen (secondary N) is 1. The molecule has 0 saturated carbocycles. The molecule has 0 amide bonds. The Labute approximate surface area is 127 Å². The molecule has 0 saturated heterocycles. The Morgan fingerprint density at radius 1 is 1.24 bits per heavy atom. The third-order valence-electron chi connectivity index (χ3n) is 3.62. The summed E-state index contributed by atoms with van der Waals surface area (Å²) in [6.45, 7) is 9.53. The molecule has 0 bridgehead atoms. The molecule has 0 aliphatic heterocycles. The van der Waals surface area contributed by atoms with Gasteiger partial charge in [0.05, 0.1) is 0 Å². The lowest BCUT2D eigenvalue weighted by atomic mass is 10.0. The van der Waals surface area contributed by atoms with Gasteiger partial charge in [0, 0.05) is 18.5 Å². The molecule has 1 heterocycles. The fraction of sp³-hybridized carbons (Fsp3) is 0.529. The van der Waals surface area contributed by atoms with Gasteiger partial charge < -0.3 is 5.32 Å². The van der Waals surface area contributed by atoms with E-state index in [0.29, 0.717) is 12.1 Å². The van der Waals surface area contributed by atoms with Crippen molar-refractivity contribution in [2.45, 2.75) is 52.6 Å². The summed E-state index contributed by atoms with van der Waals surface area (Å²) in [6.07, 6.45) is 3.57. The average molecular weight is 286 g/mol. The van der Waals surface area contributed by atoms with Crippen molar-refractivity contribution in [2.24, 2.45) is 0 Å². The number of hydrogen-bond acceptors (Lipinski definition) is 3. The fourth-order valence-electron chi connectivity index (χ4n) is 2.70. The molecule has 21 heavy (non-hydrogen) atoms.